The average molecular weight is 104 g/mol. The van der Waals surface area contributed by atoms with Crippen LogP contribution in [0.1, 0.15) is 0 Å². The van der Waals surface area contributed by atoms with Crippen LogP contribution in [0.3, 0.4) is 0 Å². The molecule has 0 aliphatic carbocycles. The fourth-order valence-corrected chi connectivity index (χ4v) is 0.274. The summed E-state index contributed by atoms with van der Waals surface area (Å²) in [5, 5.41) is 10.0. The second-order valence-corrected chi connectivity index (χ2v) is 1.53. The molecule has 0 rings (SSSR count). The molecule has 0 fully saturated rings. The summed E-state index contributed by atoms with van der Waals surface area (Å²) in [7, 11) is 3.77. The van der Waals surface area contributed by atoms with Crippen LogP contribution in [0, 0.1) is 0 Å². The van der Waals surface area contributed by atoms with Crippen LogP contribution in [-0.2, 0) is 0 Å². The molecular weight excluding hydrogens is 92.1 g/mol. The van der Waals surface area contributed by atoms with Crippen molar-refractivity contribution in [2.24, 2.45) is 0 Å². The lowest BCUT2D eigenvalue weighted by atomic mass is 10.7. The van der Waals surface area contributed by atoms with Crippen molar-refractivity contribution in [2.75, 3.05) is 27.2 Å². The van der Waals surface area contributed by atoms with Gasteiger partial charge in [0, 0.05) is 20.6 Å². The molecule has 0 amide bonds. The maximum absolute atomic E-state index is 8.23. The third-order valence-electron chi connectivity index (χ3n) is 0.540. The van der Waals surface area contributed by atoms with E-state index < -0.39 is 0 Å². The van der Waals surface area contributed by atoms with E-state index >= 15 is 0 Å². The van der Waals surface area contributed by atoms with Crippen molar-refractivity contribution in [1.29, 1.82) is 0 Å². The second kappa shape index (κ2) is 4.05. The number of aliphatic hydroxyl groups is 1. The molecule has 0 bridgehead atoms. The number of hydrazine groups is 1. The van der Waals surface area contributed by atoms with Gasteiger partial charge in [-0.1, -0.05) is 0 Å². The van der Waals surface area contributed by atoms with E-state index in [0.717, 1.165) is 0 Å². The van der Waals surface area contributed by atoms with Crippen molar-refractivity contribution < 1.29 is 5.11 Å². The van der Waals surface area contributed by atoms with Crippen LogP contribution in [-0.4, -0.2) is 37.4 Å². The number of nitrogens with one attached hydrogen (secondary N) is 1. The smallest absolute Gasteiger partial charge is 0.0569 e. The van der Waals surface area contributed by atoms with Crippen LogP contribution < -0.4 is 5.43 Å². The van der Waals surface area contributed by atoms with Gasteiger partial charge in [-0.3, -0.25) is 10.4 Å². The topological polar surface area (TPSA) is 35.5 Å². The van der Waals surface area contributed by atoms with E-state index in [1.54, 1.807) is 5.01 Å². The first-order valence-corrected chi connectivity index (χ1v) is 2.29. The van der Waals surface area contributed by atoms with Gasteiger partial charge in [0.2, 0.25) is 0 Å². The average Bonchev–Trinajstić information content (AvgIpc) is 1.61. The molecule has 0 saturated heterocycles. The molecule has 0 unspecified atom stereocenters. The number of hydrogen-bond donors (Lipinski definition) is 2. The van der Waals surface area contributed by atoms with Crippen LogP contribution in [0.25, 0.3) is 0 Å². The molecule has 0 aliphatic heterocycles. The Morgan fingerprint density at radius 1 is 1.57 bits per heavy atom. The Balaban J connectivity index is 2.68. The molecule has 0 aromatic rings. The quantitative estimate of drug-likeness (QED) is 0.453. The van der Waals surface area contributed by atoms with E-state index in [-0.39, 0.29) is 6.61 Å². The molecule has 0 aromatic carbocycles. The summed E-state index contributed by atoms with van der Waals surface area (Å²) in [6.45, 7) is 0.825. The highest BCUT2D eigenvalue weighted by Crippen LogP contribution is 1.59. The Labute approximate surface area is 43.9 Å². The Bertz CT molecular complexity index is 38.7. The molecule has 7 heavy (non-hydrogen) atoms. The zero-order chi connectivity index (χ0) is 5.70. The molecule has 0 atom stereocenters. The minimum atomic E-state index is 0.193. The van der Waals surface area contributed by atoms with Gasteiger partial charge in [-0.25, -0.2) is 0 Å². The van der Waals surface area contributed by atoms with Gasteiger partial charge in [0.05, 0.1) is 6.61 Å². The van der Waals surface area contributed by atoms with E-state index in [2.05, 4.69) is 5.43 Å². The van der Waals surface area contributed by atoms with Crippen LogP contribution in [0.5, 0.6) is 0 Å². The molecular formula is C4H12N2O. The van der Waals surface area contributed by atoms with Crippen LogP contribution in [0.2, 0.25) is 0 Å². The second-order valence-electron chi connectivity index (χ2n) is 1.53. The van der Waals surface area contributed by atoms with Crippen LogP contribution in [0.15, 0.2) is 0 Å². The van der Waals surface area contributed by atoms with Gasteiger partial charge in [-0.05, 0) is 0 Å². The first-order valence-electron chi connectivity index (χ1n) is 2.29. The standard InChI is InChI=1S/C4H12N2O/c1-6(2)5-3-4-7/h5,7H,3-4H2,1-2H3. The number of hydrogen-bond acceptors (Lipinski definition) is 3. The Morgan fingerprint density at radius 3 is 2.29 bits per heavy atom. The van der Waals surface area contributed by atoms with Crippen molar-refractivity contribution in [1.82, 2.24) is 10.4 Å². The fourth-order valence-electron chi connectivity index (χ4n) is 0.274. The van der Waals surface area contributed by atoms with Crippen molar-refractivity contribution in [3.8, 4) is 0 Å². The summed E-state index contributed by atoms with van der Waals surface area (Å²) in [5.41, 5.74) is 2.88. The fraction of sp³-hybridized carbons (Fsp3) is 1.00. The Hall–Kier alpha value is -0.120. The molecule has 0 aromatic heterocycles. The van der Waals surface area contributed by atoms with Gasteiger partial charge >= 0.3 is 0 Å². The number of aliphatic hydroxyl groups excluding tert-OH is 1. The van der Waals surface area contributed by atoms with Gasteiger partial charge in [0.25, 0.3) is 0 Å². The van der Waals surface area contributed by atoms with Gasteiger partial charge < -0.3 is 5.11 Å². The molecule has 0 saturated carbocycles. The lowest BCUT2D eigenvalue weighted by Crippen LogP contribution is -2.32. The third kappa shape index (κ3) is 5.88. The van der Waals surface area contributed by atoms with E-state index in [4.69, 9.17) is 5.11 Å². The van der Waals surface area contributed by atoms with Crippen LogP contribution in [0.4, 0.5) is 0 Å². The zero-order valence-electron chi connectivity index (χ0n) is 4.81. The summed E-state index contributed by atoms with van der Waals surface area (Å²) >= 11 is 0. The van der Waals surface area contributed by atoms with Gasteiger partial charge in [-0.2, -0.15) is 0 Å². The van der Waals surface area contributed by atoms with Gasteiger partial charge in [0.15, 0.2) is 0 Å². The molecule has 2 N–H and O–H groups in total. The van der Waals surface area contributed by atoms with Crippen molar-refractivity contribution in [3.05, 3.63) is 0 Å². The van der Waals surface area contributed by atoms with Gasteiger partial charge in [0.1, 0.15) is 0 Å². The summed E-state index contributed by atoms with van der Waals surface area (Å²) in [6, 6.07) is 0. The lowest BCUT2D eigenvalue weighted by molar-refractivity contribution is 0.225. The third-order valence-corrected chi connectivity index (χ3v) is 0.540. The first-order chi connectivity index (χ1) is 3.27. The number of nitrogens with zero attached hydrogens (tertiary/aromatic N) is 1. The minimum absolute atomic E-state index is 0.193. The predicted molar refractivity (Wildman–Crippen MR) is 28.8 cm³/mol. The highest BCUT2D eigenvalue weighted by Gasteiger charge is 1.81. The first kappa shape index (κ1) is 6.88. The van der Waals surface area contributed by atoms with E-state index in [1.165, 1.54) is 0 Å². The SMILES string of the molecule is CN(C)NCCO. The predicted octanol–water partition coefficient (Wildman–Crippen LogP) is -0.955. The van der Waals surface area contributed by atoms with E-state index in [1.807, 2.05) is 14.1 Å². The molecule has 0 heterocycles. The largest absolute Gasteiger partial charge is 0.395 e. The van der Waals surface area contributed by atoms with E-state index in [9.17, 15) is 0 Å². The molecule has 0 spiro atoms. The lowest BCUT2D eigenvalue weighted by Gasteiger charge is -2.08. The van der Waals surface area contributed by atoms with Crippen molar-refractivity contribution >= 4 is 0 Å². The summed E-state index contributed by atoms with van der Waals surface area (Å²) in [4.78, 5) is 0. The zero-order valence-corrected chi connectivity index (χ0v) is 4.81. The molecule has 0 aliphatic rings. The summed E-state index contributed by atoms with van der Waals surface area (Å²) < 4.78 is 0. The molecule has 3 nitrogen and oxygen atoms in total. The minimum Gasteiger partial charge on any atom is -0.395 e. The highest BCUT2D eigenvalue weighted by atomic mass is 16.3. The molecule has 0 radical (unpaired) electrons. The molecule has 3 heteroatoms. The maximum Gasteiger partial charge on any atom is 0.0569 e. The van der Waals surface area contributed by atoms with Crippen molar-refractivity contribution in [3.63, 3.8) is 0 Å². The Morgan fingerprint density at radius 2 is 2.14 bits per heavy atom. The summed E-state index contributed by atoms with van der Waals surface area (Å²) in [6.07, 6.45) is 0. The van der Waals surface area contributed by atoms with Crippen LogP contribution >= 0.6 is 0 Å². The monoisotopic (exact) mass is 104 g/mol. The Kier molecular flexibility index (Phi) is 3.98. The number of rotatable bonds is 3. The van der Waals surface area contributed by atoms with Crippen molar-refractivity contribution in [2.45, 2.75) is 0 Å². The highest BCUT2D eigenvalue weighted by molar-refractivity contribution is 4.31. The normalized spacial score (nSPS) is 10.3. The van der Waals surface area contributed by atoms with Gasteiger partial charge in [-0.15, -0.1) is 0 Å². The summed E-state index contributed by atoms with van der Waals surface area (Å²) in [5.74, 6) is 0. The molecule has 44 valence electrons. The van der Waals surface area contributed by atoms with E-state index in [0.29, 0.717) is 6.54 Å². The maximum atomic E-state index is 8.23.